The molecule has 1 aliphatic heterocycles. The lowest BCUT2D eigenvalue weighted by molar-refractivity contribution is 0.465. The summed E-state index contributed by atoms with van der Waals surface area (Å²) in [7, 11) is 0. The number of nitrogens with two attached hydrogens (primary N) is 1. The first-order chi connectivity index (χ1) is 4.39. The van der Waals surface area contributed by atoms with Crippen molar-refractivity contribution in [2.24, 2.45) is 5.73 Å². The minimum atomic E-state index is 0. The topological polar surface area (TPSA) is 38.0 Å². The number of hydrogen-bond donors (Lipinski definition) is 2. The number of halogens is 1. The molecule has 1 aliphatic rings. The Morgan fingerprint density at radius 2 is 1.67 bits per heavy atom. The first kappa shape index (κ1) is 18.1. The van der Waals surface area contributed by atoms with E-state index in [2.05, 4.69) is 5.32 Å². The van der Waals surface area contributed by atoms with Crippen LogP contribution in [0, 0.1) is 14.9 Å². The van der Waals surface area contributed by atoms with E-state index in [1.807, 2.05) is 0 Å². The first-order valence-corrected chi connectivity index (χ1v) is 3.86. The summed E-state index contributed by atoms with van der Waals surface area (Å²) in [6.07, 6.45) is 4.98. The Bertz CT molecular complexity index is 70.9. The van der Waals surface area contributed by atoms with Crippen LogP contribution < -0.4 is 11.1 Å². The van der Waals surface area contributed by atoms with E-state index < -0.39 is 0 Å². The Balaban J connectivity index is -0.000000270. The second-order valence-corrected chi connectivity index (χ2v) is 2.79. The van der Waals surface area contributed by atoms with Crippen molar-refractivity contribution in [3.05, 3.63) is 14.9 Å². The summed E-state index contributed by atoms with van der Waals surface area (Å²) in [4.78, 5) is 0. The highest BCUT2D eigenvalue weighted by molar-refractivity contribution is 5.85. The smallest absolute Gasteiger partial charge is 0.00509 e. The molecule has 2 nitrogen and oxygen atoms in total. The average molecular weight is 193 g/mol. The van der Waals surface area contributed by atoms with E-state index in [4.69, 9.17) is 5.73 Å². The van der Waals surface area contributed by atoms with Gasteiger partial charge in [-0.25, -0.2) is 0 Å². The lowest BCUT2D eigenvalue weighted by Gasteiger charge is -2.15. The fourth-order valence-corrected chi connectivity index (χ4v) is 1.21. The zero-order chi connectivity index (χ0) is 6.53. The van der Waals surface area contributed by atoms with E-state index in [0.29, 0.717) is 6.04 Å². The van der Waals surface area contributed by atoms with Gasteiger partial charge in [0, 0.05) is 6.04 Å². The van der Waals surface area contributed by atoms with Gasteiger partial charge in [0.25, 0.3) is 0 Å². The SMILES string of the molecule is Cl.N[C@H]1CCCCNCC1.[CH2].[CH2]. The van der Waals surface area contributed by atoms with Crippen molar-refractivity contribution in [1.82, 2.24) is 5.32 Å². The number of nitrogens with one attached hydrogen (secondary N) is 1. The molecule has 1 heterocycles. The summed E-state index contributed by atoms with van der Waals surface area (Å²) >= 11 is 0. The molecule has 0 unspecified atom stereocenters. The van der Waals surface area contributed by atoms with Crippen LogP contribution in [-0.2, 0) is 0 Å². The molecule has 0 amide bonds. The largest absolute Gasteiger partial charge is 0.328 e. The number of rotatable bonds is 0. The minimum Gasteiger partial charge on any atom is -0.328 e. The zero-order valence-electron chi connectivity index (χ0n) is 7.72. The highest BCUT2D eigenvalue weighted by atomic mass is 35.5. The van der Waals surface area contributed by atoms with Crippen molar-refractivity contribution in [1.29, 1.82) is 0 Å². The predicted molar refractivity (Wildman–Crippen MR) is 57.3 cm³/mol. The van der Waals surface area contributed by atoms with Gasteiger partial charge in [0.05, 0.1) is 0 Å². The maximum Gasteiger partial charge on any atom is 0.00509 e. The molecule has 1 rings (SSSR count). The van der Waals surface area contributed by atoms with Crippen LogP contribution in [0.2, 0.25) is 0 Å². The van der Waals surface area contributed by atoms with E-state index in [0.717, 1.165) is 13.0 Å². The third-order valence-electron chi connectivity index (χ3n) is 1.87. The monoisotopic (exact) mass is 192 g/mol. The van der Waals surface area contributed by atoms with E-state index in [-0.39, 0.29) is 27.3 Å². The van der Waals surface area contributed by atoms with Gasteiger partial charge in [0.15, 0.2) is 0 Å². The molecular weight excluding hydrogens is 172 g/mol. The van der Waals surface area contributed by atoms with Crippen molar-refractivity contribution < 1.29 is 0 Å². The second-order valence-electron chi connectivity index (χ2n) is 2.79. The van der Waals surface area contributed by atoms with Crippen LogP contribution in [0.1, 0.15) is 25.7 Å². The van der Waals surface area contributed by atoms with Crippen molar-refractivity contribution in [3.8, 4) is 0 Å². The van der Waals surface area contributed by atoms with Gasteiger partial charge in [-0.3, -0.25) is 0 Å². The van der Waals surface area contributed by atoms with Gasteiger partial charge >= 0.3 is 0 Å². The molecule has 74 valence electrons. The van der Waals surface area contributed by atoms with Crippen molar-refractivity contribution in [3.63, 3.8) is 0 Å². The molecule has 4 radical (unpaired) electrons. The van der Waals surface area contributed by atoms with Crippen LogP contribution in [0.5, 0.6) is 0 Å². The molecule has 0 aromatic heterocycles. The van der Waals surface area contributed by atoms with Crippen molar-refractivity contribution in [2.75, 3.05) is 13.1 Å². The predicted octanol–water partition coefficient (Wildman–Crippen LogP) is 1.55. The Morgan fingerprint density at radius 3 is 2.33 bits per heavy atom. The molecule has 3 N–H and O–H groups in total. The molecule has 0 spiro atoms. The molecule has 3 heteroatoms. The number of hydrogen-bond acceptors (Lipinski definition) is 2. The lowest BCUT2D eigenvalue weighted by Crippen LogP contribution is -2.29. The Kier molecular flexibility index (Phi) is 16.9. The van der Waals surface area contributed by atoms with E-state index in [1.165, 1.54) is 25.8 Å². The van der Waals surface area contributed by atoms with E-state index >= 15 is 0 Å². The molecule has 0 aromatic carbocycles. The Morgan fingerprint density at radius 1 is 1.00 bits per heavy atom. The summed E-state index contributed by atoms with van der Waals surface area (Å²) in [6.45, 7) is 2.30. The van der Waals surface area contributed by atoms with Gasteiger partial charge in [-0.05, 0) is 32.4 Å². The molecule has 0 saturated carbocycles. The molecule has 1 atom stereocenters. The highest BCUT2D eigenvalue weighted by Gasteiger charge is 2.03. The average Bonchev–Trinajstić information content (AvgIpc) is 1.79. The van der Waals surface area contributed by atoms with E-state index in [9.17, 15) is 0 Å². The molecule has 0 aliphatic carbocycles. The standard InChI is InChI=1S/C7H16N2.2CH2.ClH/c8-7-3-1-2-5-9-6-4-7;;;/h7,9H,1-6,8H2;2*1H2;1H/t7-;;;/m0.../s1. The summed E-state index contributed by atoms with van der Waals surface area (Å²) in [5.74, 6) is 0. The van der Waals surface area contributed by atoms with Gasteiger partial charge in [-0.2, -0.15) is 0 Å². The van der Waals surface area contributed by atoms with Crippen LogP contribution in [-0.4, -0.2) is 19.1 Å². The van der Waals surface area contributed by atoms with Crippen LogP contribution in [0.15, 0.2) is 0 Å². The summed E-state index contributed by atoms with van der Waals surface area (Å²) < 4.78 is 0. The van der Waals surface area contributed by atoms with Gasteiger partial charge < -0.3 is 11.1 Å². The Labute approximate surface area is 83.7 Å². The van der Waals surface area contributed by atoms with Gasteiger partial charge in [-0.1, -0.05) is 21.3 Å². The van der Waals surface area contributed by atoms with Crippen LogP contribution >= 0.6 is 12.4 Å². The normalized spacial score (nSPS) is 23.2. The maximum atomic E-state index is 5.76. The van der Waals surface area contributed by atoms with Crippen LogP contribution in [0.25, 0.3) is 0 Å². The zero-order valence-corrected chi connectivity index (χ0v) is 8.54. The quantitative estimate of drug-likeness (QED) is 0.612. The van der Waals surface area contributed by atoms with Gasteiger partial charge in [0.1, 0.15) is 0 Å². The lowest BCUT2D eigenvalue weighted by atomic mass is 10.1. The minimum absolute atomic E-state index is 0. The summed E-state index contributed by atoms with van der Waals surface area (Å²) in [5, 5.41) is 3.34. The van der Waals surface area contributed by atoms with Crippen molar-refractivity contribution >= 4 is 12.4 Å². The third-order valence-corrected chi connectivity index (χ3v) is 1.87. The Hall–Kier alpha value is 0.210. The summed E-state index contributed by atoms with van der Waals surface area (Å²) in [6, 6.07) is 0.456. The van der Waals surface area contributed by atoms with Crippen LogP contribution in [0.3, 0.4) is 0 Å². The summed E-state index contributed by atoms with van der Waals surface area (Å²) in [5.41, 5.74) is 5.76. The fourth-order valence-electron chi connectivity index (χ4n) is 1.21. The van der Waals surface area contributed by atoms with Crippen LogP contribution in [0.4, 0.5) is 0 Å². The fraction of sp³-hybridized carbons (Fsp3) is 0.778. The molecule has 1 saturated heterocycles. The van der Waals surface area contributed by atoms with E-state index in [1.54, 1.807) is 0 Å². The second kappa shape index (κ2) is 11.2. The van der Waals surface area contributed by atoms with Gasteiger partial charge in [-0.15, -0.1) is 12.4 Å². The first-order valence-electron chi connectivity index (χ1n) is 3.86. The van der Waals surface area contributed by atoms with Crippen molar-refractivity contribution in [2.45, 2.75) is 31.7 Å². The molecule has 0 aromatic rings. The highest BCUT2D eigenvalue weighted by Crippen LogP contribution is 2.03. The molecular formula is C9H21ClN2. The molecule has 0 bridgehead atoms. The maximum absolute atomic E-state index is 5.76. The third kappa shape index (κ3) is 8.31. The van der Waals surface area contributed by atoms with Gasteiger partial charge in [0.2, 0.25) is 0 Å². The molecule has 1 fully saturated rings. The molecule has 12 heavy (non-hydrogen) atoms.